The van der Waals surface area contributed by atoms with Gasteiger partial charge in [0.15, 0.2) is 0 Å². The molecule has 0 aromatic heterocycles. The first-order valence-electron chi connectivity index (χ1n) is 18.6. The van der Waals surface area contributed by atoms with E-state index in [9.17, 15) is 9.32 Å². The van der Waals surface area contributed by atoms with Gasteiger partial charge in [-0.25, -0.2) is 4.79 Å². The maximum atomic E-state index is 13.5. The van der Waals surface area contributed by atoms with Crippen molar-refractivity contribution in [2.75, 3.05) is 0 Å². The lowest BCUT2D eigenvalue weighted by molar-refractivity contribution is -0.193. The average molecular weight is 615 g/mol. The molecule has 5 heterocycles. The first kappa shape index (κ1) is 29.2. The summed E-state index contributed by atoms with van der Waals surface area (Å²) in [5, 5.41) is 32.7. The summed E-state index contributed by atoms with van der Waals surface area (Å²) in [4.78, 5) is 16.8. The normalized spacial score (nSPS) is 55.0. The highest BCUT2D eigenvalue weighted by molar-refractivity contribution is 5.72. The fraction of sp³-hybridized carbons (Fsp3) is 0.970. The van der Waals surface area contributed by atoms with E-state index >= 15 is 0 Å². The molecule has 5 aliphatic heterocycles. The third kappa shape index (κ3) is 4.90. The molecule has 246 valence electrons. The molecule has 9 aliphatic rings. The minimum absolute atomic E-state index is 0.00538. The molecule has 4 saturated carbocycles. The standard InChI is InChI=1S/C33H55FN8O2/c34-44-33(43)23-15-7-14-22-24(23)32-41-30-21-13-6-5-12-20(21)28(39-30)37-26-17-9-2-1-8-16(17)25(35-26)36-27-18-10-3-4-11-19(18)29(38-27)40-31(22)42-32/h16-32,35-42H,1-15H2. The van der Waals surface area contributed by atoms with Crippen molar-refractivity contribution in [3.8, 4) is 0 Å². The lowest BCUT2D eigenvalue weighted by Crippen LogP contribution is -2.62. The number of nitrogens with one attached hydrogen (secondary N) is 8. The van der Waals surface area contributed by atoms with Crippen LogP contribution in [0.25, 0.3) is 0 Å². The molecule has 8 N–H and O–H groups in total. The van der Waals surface area contributed by atoms with Crippen molar-refractivity contribution in [3.05, 3.63) is 0 Å². The van der Waals surface area contributed by atoms with Gasteiger partial charge in [0.05, 0.1) is 55.2 Å². The van der Waals surface area contributed by atoms with Gasteiger partial charge in [-0.15, -0.1) is 0 Å². The van der Waals surface area contributed by atoms with E-state index in [1.807, 2.05) is 0 Å². The van der Waals surface area contributed by atoms with Crippen LogP contribution in [0.1, 0.15) is 96.3 Å². The summed E-state index contributed by atoms with van der Waals surface area (Å²) >= 11 is 0. The van der Waals surface area contributed by atoms with Crippen LogP contribution < -0.4 is 42.5 Å². The Morgan fingerprint density at radius 2 is 0.705 bits per heavy atom. The molecular weight excluding hydrogens is 559 g/mol. The number of fused-ring (bicyclic) bond motifs is 20. The SMILES string of the molecule is O=C(OF)C1CCCC2C3NC4NC(NC5NC(NC6NC(NC(N3)C12)C1CCCCC61)C1CCCCC51)C1CCCCC41. The van der Waals surface area contributed by atoms with Crippen molar-refractivity contribution < 1.29 is 14.3 Å². The molecule has 8 bridgehead atoms. The quantitative estimate of drug-likeness (QED) is 0.223. The van der Waals surface area contributed by atoms with Crippen molar-refractivity contribution in [1.82, 2.24) is 42.5 Å². The average Bonchev–Trinajstić information content (AvgIpc) is 3.80. The summed E-state index contributed by atoms with van der Waals surface area (Å²) in [6, 6.07) is 0. The topological polar surface area (TPSA) is 123 Å². The molecule has 17 unspecified atom stereocenters. The minimum Gasteiger partial charge on any atom is -0.286 e. The Hall–Kier alpha value is -0.920. The van der Waals surface area contributed by atoms with E-state index in [1.54, 1.807) is 0 Å². The molecule has 17 atom stereocenters. The highest BCUT2D eigenvalue weighted by atomic mass is 19.3. The van der Waals surface area contributed by atoms with Crippen molar-refractivity contribution in [2.24, 2.45) is 53.3 Å². The van der Waals surface area contributed by atoms with Crippen LogP contribution >= 0.6 is 0 Å². The van der Waals surface area contributed by atoms with Gasteiger partial charge in [-0.05, 0) is 92.8 Å². The van der Waals surface area contributed by atoms with Crippen LogP contribution in [-0.4, -0.2) is 55.3 Å². The zero-order chi connectivity index (χ0) is 29.4. The maximum Gasteiger partial charge on any atom is 0.352 e. The summed E-state index contributed by atoms with van der Waals surface area (Å²) in [7, 11) is 0. The van der Waals surface area contributed by atoms with Crippen LogP contribution in [-0.2, 0) is 9.74 Å². The molecule has 5 saturated heterocycles. The molecular formula is C33H55FN8O2. The summed E-state index contributed by atoms with van der Waals surface area (Å²) < 4.78 is 13.5. The van der Waals surface area contributed by atoms with E-state index in [1.165, 1.54) is 77.0 Å². The van der Waals surface area contributed by atoms with E-state index in [2.05, 4.69) is 47.5 Å². The zero-order valence-corrected chi connectivity index (χ0v) is 26.1. The Morgan fingerprint density at radius 1 is 0.409 bits per heavy atom. The Kier molecular flexibility index (Phi) is 7.94. The van der Waals surface area contributed by atoms with Gasteiger partial charge in [0.25, 0.3) is 0 Å². The van der Waals surface area contributed by atoms with Crippen molar-refractivity contribution in [1.29, 1.82) is 0 Å². The van der Waals surface area contributed by atoms with E-state index in [4.69, 9.17) is 0 Å². The Balaban J connectivity index is 1.07. The second-order valence-corrected chi connectivity index (χ2v) is 16.2. The molecule has 9 fully saturated rings. The Bertz CT molecular complexity index is 1070. The van der Waals surface area contributed by atoms with Gasteiger partial charge >= 0.3 is 5.97 Å². The van der Waals surface area contributed by atoms with Crippen LogP contribution in [0.2, 0.25) is 0 Å². The van der Waals surface area contributed by atoms with E-state index < -0.39 is 11.9 Å². The highest BCUT2D eigenvalue weighted by Gasteiger charge is 2.56. The molecule has 4 aliphatic carbocycles. The van der Waals surface area contributed by atoms with Crippen LogP contribution in [0, 0.1) is 53.3 Å². The molecule has 9 rings (SSSR count). The number of rotatable bonds is 1. The van der Waals surface area contributed by atoms with Gasteiger partial charge in [0.1, 0.15) is 0 Å². The third-order valence-corrected chi connectivity index (χ3v) is 14.3. The molecule has 0 radical (unpaired) electrons. The molecule has 0 spiro atoms. The molecule has 10 nitrogen and oxygen atoms in total. The van der Waals surface area contributed by atoms with Crippen LogP contribution in [0.15, 0.2) is 0 Å². The van der Waals surface area contributed by atoms with Gasteiger partial charge in [-0.2, -0.15) is 0 Å². The maximum absolute atomic E-state index is 13.5. The van der Waals surface area contributed by atoms with Crippen molar-refractivity contribution >= 4 is 5.97 Å². The predicted molar refractivity (Wildman–Crippen MR) is 163 cm³/mol. The van der Waals surface area contributed by atoms with E-state index in [-0.39, 0.29) is 48.8 Å². The second kappa shape index (κ2) is 12.0. The smallest absolute Gasteiger partial charge is 0.286 e. The van der Waals surface area contributed by atoms with E-state index in [0.717, 1.165) is 12.8 Å². The number of hydrogen-bond donors (Lipinski definition) is 8. The monoisotopic (exact) mass is 614 g/mol. The number of carbonyl (C=O) groups is 1. The molecule has 11 heteroatoms. The Morgan fingerprint density at radius 3 is 1.05 bits per heavy atom. The number of carbonyl (C=O) groups excluding carboxylic acids is 1. The van der Waals surface area contributed by atoms with Crippen LogP contribution in [0.5, 0.6) is 0 Å². The van der Waals surface area contributed by atoms with Gasteiger partial charge in [-0.3, -0.25) is 47.5 Å². The fourth-order valence-electron chi connectivity index (χ4n) is 12.4. The van der Waals surface area contributed by atoms with Gasteiger partial charge < -0.3 is 0 Å². The Labute approximate surface area is 261 Å². The summed E-state index contributed by atoms with van der Waals surface area (Å²) in [6.07, 6.45) is 19.6. The zero-order valence-electron chi connectivity index (χ0n) is 26.1. The summed E-state index contributed by atoms with van der Waals surface area (Å²) in [5.41, 5.74) is 0. The molecule has 44 heavy (non-hydrogen) atoms. The van der Waals surface area contributed by atoms with Crippen molar-refractivity contribution in [2.45, 2.75) is 146 Å². The summed E-state index contributed by atoms with van der Waals surface area (Å²) in [5.74, 6) is 2.76. The van der Waals surface area contributed by atoms with E-state index in [0.29, 0.717) is 54.3 Å². The second-order valence-electron chi connectivity index (χ2n) is 16.2. The fourth-order valence-corrected chi connectivity index (χ4v) is 12.4. The predicted octanol–water partition coefficient (Wildman–Crippen LogP) is 2.26. The van der Waals surface area contributed by atoms with Crippen LogP contribution in [0.3, 0.4) is 0 Å². The third-order valence-electron chi connectivity index (χ3n) is 14.3. The van der Waals surface area contributed by atoms with Gasteiger partial charge in [0, 0.05) is 10.4 Å². The molecule has 0 amide bonds. The minimum atomic E-state index is -0.686. The first-order valence-corrected chi connectivity index (χ1v) is 18.6. The lowest BCUT2D eigenvalue weighted by atomic mass is 9.71. The largest absolute Gasteiger partial charge is 0.352 e. The number of halogens is 1. The first-order chi connectivity index (χ1) is 21.7. The van der Waals surface area contributed by atoms with Crippen LogP contribution in [0.4, 0.5) is 4.53 Å². The van der Waals surface area contributed by atoms with Gasteiger partial charge in [-0.1, -0.05) is 44.9 Å². The number of hydrogen-bond acceptors (Lipinski definition) is 10. The molecule has 0 aromatic carbocycles. The highest BCUT2D eigenvalue weighted by Crippen LogP contribution is 2.47. The molecule has 0 aromatic rings. The van der Waals surface area contributed by atoms with Crippen molar-refractivity contribution in [3.63, 3.8) is 0 Å². The van der Waals surface area contributed by atoms with Gasteiger partial charge in [0.2, 0.25) is 0 Å². The lowest BCUT2D eigenvalue weighted by Gasteiger charge is -2.37. The summed E-state index contributed by atoms with van der Waals surface area (Å²) in [6.45, 7) is 0.